The molecule has 1 fully saturated rings. The first-order valence-corrected chi connectivity index (χ1v) is 6.09. The predicted octanol–water partition coefficient (Wildman–Crippen LogP) is 4.51. The Labute approximate surface area is 94.0 Å². The molecule has 1 aliphatic rings. The maximum absolute atomic E-state index is 3.89. The van der Waals surface area contributed by atoms with Crippen molar-refractivity contribution in [2.75, 3.05) is 0 Å². The topological polar surface area (TPSA) is 12.4 Å². The average molecular weight is 205 g/mol. The Balaban J connectivity index is 2.72. The lowest BCUT2D eigenvalue weighted by Gasteiger charge is -2.08. The first kappa shape index (κ1) is 12.2. The molecule has 84 valence electrons. The van der Waals surface area contributed by atoms with Crippen LogP contribution in [0.1, 0.15) is 52.4 Å². The van der Waals surface area contributed by atoms with E-state index in [0.717, 1.165) is 0 Å². The van der Waals surface area contributed by atoms with Crippen LogP contribution in [0.3, 0.4) is 0 Å². The fourth-order valence-electron chi connectivity index (χ4n) is 2.02. The molecule has 0 bridgehead atoms. The average Bonchev–Trinajstić information content (AvgIpc) is 2.45. The summed E-state index contributed by atoms with van der Waals surface area (Å²) in [5.41, 5.74) is 2.93. The molecule has 0 aromatic heterocycles. The summed E-state index contributed by atoms with van der Waals surface area (Å²) in [6, 6.07) is 0. The fraction of sp³-hybridized carbons (Fsp3) is 0.643. The molecule has 0 spiro atoms. The first-order valence-electron chi connectivity index (χ1n) is 6.09. The Morgan fingerprint density at radius 3 is 2.27 bits per heavy atom. The molecule has 0 amide bonds. The van der Waals surface area contributed by atoms with E-state index in [9.17, 15) is 0 Å². The van der Waals surface area contributed by atoms with Gasteiger partial charge in [-0.2, -0.15) is 0 Å². The Kier molecular flexibility index (Phi) is 5.38. The highest BCUT2D eigenvalue weighted by Gasteiger charge is 2.06. The van der Waals surface area contributed by atoms with Crippen molar-refractivity contribution in [3.63, 3.8) is 0 Å². The van der Waals surface area contributed by atoms with E-state index >= 15 is 0 Å². The number of allylic oxidation sites excluding steroid dienone is 3. The van der Waals surface area contributed by atoms with Crippen LogP contribution in [0.15, 0.2) is 28.4 Å². The highest BCUT2D eigenvalue weighted by atomic mass is 14.6. The van der Waals surface area contributed by atoms with E-state index in [1.807, 2.05) is 6.20 Å². The van der Waals surface area contributed by atoms with E-state index in [-0.39, 0.29) is 0 Å². The lowest BCUT2D eigenvalue weighted by atomic mass is 9.98. The van der Waals surface area contributed by atoms with E-state index < -0.39 is 0 Å². The SMILES string of the molecule is C=N/C=C(\C=C1CCCCCC1)C(C)C. The van der Waals surface area contributed by atoms with Crippen LogP contribution in [0.5, 0.6) is 0 Å². The minimum Gasteiger partial charge on any atom is -0.272 e. The van der Waals surface area contributed by atoms with Crippen molar-refractivity contribution in [3.8, 4) is 0 Å². The summed E-state index contributed by atoms with van der Waals surface area (Å²) in [5, 5.41) is 0. The Bertz CT molecular complexity index is 249. The molecule has 1 nitrogen and oxygen atoms in total. The number of aliphatic imine (C=N–C) groups is 1. The maximum atomic E-state index is 3.89. The second kappa shape index (κ2) is 6.60. The van der Waals surface area contributed by atoms with E-state index in [0.29, 0.717) is 5.92 Å². The summed E-state index contributed by atoms with van der Waals surface area (Å²) < 4.78 is 0. The summed E-state index contributed by atoms with van der Waals surface area (Å²) in [7, 11) is 0. The van der Waals surface area contributed by atoms with Crippen LogP contribution in [-0.2, 0) is 0 Å². The number of hydrogen-bond acceptors (Lipinski definition) is 1. The monoisotopic (exact) mass is 205 g/mol. The third-order valence-corrected chi connectivity index (χ3v) is 3.02. The Hall–Kier alpha value is -0.850. The Morgan fingerprint density at radius 1 is 1.20 bits per heavy atom. The third-order valence-electron chi connectivity index (χ3n) is 3.02. The predicted molar refractivity (Wildman–Crippen MR) is 68.3 cm³/mol. The molecule has 0 aromatic carbocycles. The van der Waals surface area contributed by atoms with Crippen LogP contribution in [0, 0.1) is 5.92 Å². The molecular formula is C14H23N. The minimum absolute atomic E-state index is 0.547. The molecule has 0 atom stereocenters. The molecule has 15 heavy (non-hydrogen) atoms. The number of hydrogen-bond donors (Lipinski definition) is 0. The van der Waals surface area contributed by atoms with Crippen LogP contribution >= 0.6 is 0 Å². The van der Waals surface area contributed by atoms with Crippen molar-refractivity contribution in [2.45, 2.75) is 52.4 Å². The fourth-order valence-corrected chi connectivity index (χ4v) is 2.02. The summed E-state index contributed by atoms with van der Waals surface area (Å²) >= 11 is 0. The first-order chi connectivity index (χ1) is 7.24. The summed E-state index contributed by atoms with van der Waals surface area (Å²) in [4.78, 5) is 3.89. The lowest BCUT2D eigenvalue weighted by Crippen LogP contribution is -1.92. The minimum atomic E-state index is 0.547. The summed E-state index contributed by atoms with van der Waals surface area (Å²) in [6.07, 6.45) is 12.3. The van der Waals surface area contributed by atoms with Gasteiger partial charge in [-0.1, -0.05) is 38.3 Å². The quantitative estimate of drug-likeness (QED) is 0.475. The smallest absolute Gasteiger partial charge is 0.0295 e. The van der Waals surface area contributed by atoms with Crippen molar-refractivity contribution >= 4 is 6.72 Å². The zero-order valence-electron chi connectivity index (χ0n) is 10.1. The molecule has 1 heteroatoms. The molecular weight excluding hydrogens is 182 g/mol. The zero-order chi connectivity index (χ0) is 11.1. The van der Waals surface area contributed by atoms with Gasteiger partial charge in [0.05, 0.1) is 0 Å². The van der Waals surface area contributed by atoms with Crippen molar-refractivity contribution in [1.82, 2.24) is 0 Å². The van der Waals surface area contributed by atoms with Gasteiger partial charge in [0.15, 0.2) is 0 Å². The summed E-state index contributed by atoms with van der Waals surface area (Å²) in [5.74, 6) is 0.547. The van der Waals surface area contributed by atoms with Crippen LogP contribution in [0.2, 0.25) is 0 Å². The molecule has 1 rings (SSSR count). The van der Waals surface area contributed by atoms with Crippen molar-refractivity contribution in [3.05, 3.63) is 23.4 Å². The molecule has 1 saturated carbocycles. The molecule has 0 aromatic rings. The Morgan fingerprint density at radius 2 is 1.80 bits per heavy atom. The highest BCUT2D eigenvalue weighted by molar-refractivity contribution is 5.31. The largest absolute Gasteiger partial charge is 0.272 e. The number of nitrogens with zero attached hydrogens (tertiary/aromatic N) is 1. The second-order valence-electron chi connectivity index (χ2n) is 4.68. The molecule has 0 heterocycles. The normalized spacial score (nSPS) is 18.9. The molecule has 0 unspecified atom stereocenters. The van der Waals surface area contributed by atoms with Gasteiger partial charge in [-0.05, 0) is 43.9 Å². The van der Waals surface area contributed by atoms with Gasteiger partial charge in [0, 0.05) is 6.20 Å². The zero-order valence-corrected chi connectivity index (χ0v) is 10.1. The van der Waals surface area contributed by atoms with E-state index in [1.165, 1.54) is 44.1 Å². The third kappa shape index (κ3) is 4.46. The van der Waals surface area contributed by atoms with Gasteiger partial charge >= 0.3 is 0 Å². The summed E-state index contributed by atoms with van der Waals surface area (Å²) in [6.45, 7) is 7.96. The van der Waals surface area contributed by atoms with E-state index in [1.54, 1.807) is 5.57 Å². The molecule has 0 N–H and O–H groups in total. The molecule has 0 radical (unpaired) electrons. The van der Waals surface area contributed by atoms with Crippen LogP contribution in [0.25, 0.3) is 0 Å². The van der Waals surface area contributed by atoms with Gasteiger partial charge in [-0.3, -0.25) is 4.99 Å². The number of rotatable bonds is 3. The maximum Gasteiger partial charge on any atom is 0.0295 e. The second-order valence-corrected chi connectivity index (χ2v) is 4.68. The van der Waals surface area contributed by atoms with E-state index in [2.05, 4.69) is 31.6 Å². The van der Waals surface area contributed by atoms with Gasteiger partial charge < -0.3 is 0 Å². The van der Waals surface area contributed by atoms with Crippen molar-refractivity contribution < 1.29 is 0 Å². The van der Waals surface area contributed by atoms with Gasteiger partial charge in [0.2, 0.25) is 0 Å². The van der Waals surface area contributed by atoms with Gasteiger partial charge in [-0.15, -0.1) is 0 Å². The highest BCUT2D eigenvalue weighted by Crippen LogP contribution is 2.25. The van der Waals surface area contributed by atoms with Crippen molar-refractivity contribution in [1.29, 1.82) is 0 Å². The lowest BCUT2D eigenvalue weighted by molar-refractivity contribution is 0.702. The van der Waals surface area contributed by atoms with Crippen LogP contribution in [-0.4, -0.2) is 6.72 Å². The molecule has 0 aliphatic heterocycles. The van der Waals surface area contributed by atoms with Crippen LogP contribution < -0.4 is 0 Å². The molecule has 1 aliphatic carbocycles. The molecule has 0 saturated heterocycles. The van der Waals surface area contributed by atoms with Crippen molar-refractivity contribution in [2.24, 2.45) is 10.9 Å². The van der Waals surface area contributed by atoms with Gasteiger partial charge in [0.25, 0.3) is 0 Å². The van der Waals surface area contributed by atoms with E-state index in [4.69, 9.17) is 0 Å². The van der Waals surface area contributed by atoms with Gasteiger partial charge in [-0.25, -0.2) is 0 Å². The van der Waals surface area contributed by atoms with Crippen LogP contribution in [0.4, 0.5) is 0 Å². The standard InChI is InChI=1S/C14H23N/c1-12(2)14(11-15-3)10-13-8-6-4-5-7-9-13/h10-12H,3-9H2,1-2H3/b14-11+. The van der Waals surface area contributed by atoms with Gasteiger partial charge in [0.1, 0.15) is 0 Å².